The van der Waals surface area contributed by atoms with E-state index in [1.807, 2.05) is 23.1 Å². The maximum absolute atomic E-state index is 12.8. The fourth-order valence-corrected chi connectivity index (χ4v) is 5.43. The maximum Gasteiger partial charge on any atom is 0.223 e. The van der Waals surface area contributed by atoms with Crippen LogP contribution in [0.1, 0.15) is 37.6 Å². The summed E-state index contributed by atoms with van der Waals surface area (Å²) in [7, 11) is 0. The number of aryl methyl sites for hydroxylation is 1. The van der Waals surface area contributed by atoms with Crippen molar-refractivity contribution in [1.29, 1.82) is 0 Å². The summed E-state index contributed by atoms with van der Waals surface area (Å²) in [6.07, 6.45) is 2.64. The number of carbonyl (C=O) groups excluding carboxylic acids is 1. The Balaban J connectivity index is 1.13. The van der Waals surface area contributed by atoms with E-state index in [2.05, 4.69) is 48.0 Å². The van der Waals surface area contributed by atoms with Gasteiger partial charge in [-0.3, -0.25) is 4.79 Å². The highest BCUT2D eigenvalue weighted by molar-refractivity contribution is 7.22. The van der Waals surface area contributed by atoms with Crippen molar-refractivity contribution in [1.82, 2.24) is 14.9 Å². The largest absolute Gasteiger partial charge is 0.441 e. The monoisotopic (exact) mass is 494 g/mol. The van der Waals surface area contributed by atoms with Crippen LogP contribution in [-0.2, 0) is 11.2 Å². The minimum absolute atomic E-state index is 0.136. The number of rotatable bonds is 6. The number of amides is 1. The maximum atomic E-state index is 12.8. The second-order valence-corrected chi connectivity index (χ2v) is 10.3. The molecule has 1 saturated heterocycles. The molecule has 0 atom stereocenters. The first-order valence-corrected chi connectivity index (χ1v) is 12.8. The molecule has 3 heterocycles. The van der Waals surface area contributed by atoms with Gasteiger partial charge < -0.3 is 14.2 Å². The first-order chi connectivity index (χ1) is 16.5. The van der Waals surface area contributed by atoms with Crippen LogP contribution in [0.5, 0.6) is 0 Å². The number of piperazine rings is 1. The molecule has 2 aromatic heterocycles. The number of benzene rings is 2. The molecule has 0 unspecified atom stereocenters. The van der Waals surface area contributed by atoms with E-state index >= 15 is 0 Å². The molecule has 2 aromatic carbocycles. The highest BCUT2D eigenvalue weighted by Gasteiger charge is 2.23. The van der Waals surface area contributed by atoms with Crippen LogP contribution in [-0.4, -0.2) is 47.0 Å². The molecule has 1 aliphatic rings. The minimum atomic E-state index is 0.136. The Bertz CT molecular complexity index is 1290. The molecule has 176 valence electrons. The summed E-state index contributed by atoms with van der Waals surface area (Å²) >= 11 is 7.74. The third kappa shape index (κ3) is 4.95. The molecular weight excluding hydrogens is 468 g/mol. The van der Waals surface area contributed by atoms with Gasteiger partial charge in [0.1, 0.15) is 0 Å². The lowest BCUT2D eigenvalue weighted by Gasteiger charge is -2.34. The molecule has 34 heavy (non-hydrogen) atoms. The van der Waals surface area contributed by atoms with Gasteiger partial charge in [-0.25, -0.2) is 9.97 Å². The molecule has 5 rings (SSSR count). The number of nitrogens with zero attached hydrogens (tertiary/aromatic N) is 4. The topological polar surface area (TPSA) is 62.5 Å². The Kier molecular flexibility index (Phi) is 6.57. The van der Waals surface area contributed by atoms with Gasteiger partial charge in [-0.05, 0) is 29.7 Å². The van der Waals surface area contributed by atoms with E-state index in [1.165, 1.54) is 5.56 Å². The van der Waals surface area contributed by atoms with Crippen LogP contribution in [0.25, 0.3) is 21.5 Å². The van der Waals surface area contributed by atoms with Gasteiger partial charge in [-0.1, -0.05) is 61.1 Å². The summed E-state index contributed by atoms with van der Waals surface area (Å²) in [5.41, 5.74) is 3.26. The van der Waals surface area contributed by atoms with E-state index in [0.29, 0.717) is 37.7 Å². The molecule has 1 fully saturated rings. The molecule has 1 amide bonds. The fourth-order valence-electron chi connectivity index (χ4n) is 4.13. The average molecular weight is 495 g/mol. The van der Waals surface area contributed by atoms with Crippen LogP contribution in [0.15, 0.2) is 53.1 Å². The van der Waals surface area contributed by atoms with E-state index < -0.39 is 0 Å². The zero-order valence-electron chi connectivity index (χ0n) is 19.3. The van der Waals surface area contributed by atoms with E-state index in [9.17, 15) is 4.79 Å². The summed E-state index contributed by atoms with van der Waals surface area (Å²) in [5, 5.41) is 1.71. The first-order valence-electron chi connectivity index (χ1n) is 11.6. The molecule has 4 aromatic rings. The molecule has 0 N–H and O–H groups in total. The summed E-state index contributed by atoms with van der Waals surface area (Å²) < 4.78 is 7.00. The van der Waals surface area contributed by atoms with E-state index in [4.69, 9.17) is 21.0 Å². The fraction of sp³-hybridized carbons (Fsp3) is 0.346. The van der Waals surface area contributed by atoms with Gasteiger partial charge in [-0.2, -0.15) is 0 Å². The second kappa shape index (κ2) is 9.76. The Hall–Kier alpha value is -2.90. The minimum Gasteiger partial charge on any atom is -0.441 e. The zero-order chi connectivity index (χ0) is 23.7. The zero-order valence-corrected chi connectivity index (χ0v) is 20.9. The van der Waals surface area contributed by atoms with Gasteiger partial charge >= 0.3 is 0 Å². The van der Waals surface area contributed by atoms with Gasteiger partial charge in [-0.15, -0.1) is 0 Å². The Morgan fingerprint density at radius 1 is 1.12 bits per heavy atom. The standard InChI is InChI=1S/C26H27ClN4O2S/c1-17(2)18-3-5-19(6-4-18)22-16-28-24(33-22)9-10-25(32)30-11-13-31(14-12-30)26-29-21-8-7-20(27)15-23(21)34-26/h3-8,15-17H,9-14H2,1-2H3. The number of aromatic nitrogens is 2. The number of anilines is 1. The molecule has 0 bridgehead atoms. The van der Waals surface area contributed by atoms with E-state index in [0.717, 1.165) is 44.8 Å². The number of oxazole rings is 1. The lowest BCUT2D eigenvalue weighted by molar-refractivity contribution is -0.131. The van der Waals surface area contributed by atoms with Crippen molar-refractivity contribution >= 4 is 44.2 Å². The van der Waals surface area contributed by atoms with Crippen molar-refractivity contribution in [3.05, 3.63) is 65.1 Å². The van der Waals surface area contributed by atoms with Crippen molar-refractivity contribution < 1.29 is 9.21 Å². The second-order valence-electron chi connectivity index (χ2n) is 8.87. The van der Waals surface area contributed by atoms with E-state index in [-0.39, 0.29) is 5.91 Å². The normalized spacial score (nSPS) is 14.4. The molecule has 8 heteroatoms. The number of thiazole rings is 1. The highest BCUT2D eigenvalue weighted by Crippen LogP contribution is 2.31. The Morgan fingerprint density at radius 2 is 1.88 bits per heavy atom. The Labute approximate surface area is 208 Å². The summed E-state index contributed by atoms with van der Waals surface area (Å²) in [6, 6.07) is 14.1. The number of hydrogen-bond acceptors (Lipinski definition) is 6. The third-order valence-corrected chi connectivity index (χ3v) is 7.52. The molecule has 0 spiro atoms. The predicted octanol–water partition coefficient (Wildman–Crippen LogP) is 6.01. The molecule has 0 saturated carbocycles. The molecule has 0 aliphatic carbocycles. The van der Waals surface area contributed by atoms with Crippen molar-refractivity contribution in [3.63, 3.8) is 0 Å². The van der Waals surface area contributed by atoms with Crippen molar-refractivity contribution in [2.24, 2.45) is 0 Å². The molecule has 0 radical (unpaired) electrons. The predicted molar refractivity (Wildman–Crippen MR) is 138 cm³/mol. The summed E-state index contributed by atoms with van der Waals surface area (Å²) in [5.74, 6) is 1.97. The number of halogens is 1. The van der Waals surface area contributed by atoms with Crippen LogP contribution in [0, 0.1) is 0 Å². The average Bonchev–Trinajstić information content (AvgIpc) is 3.49. The van der Waals surface area contributed by atoms with Crippen LogP contribution in [0.3, 0.4) is 0 Å². The summed E-state index contributed by atoms with van der Waals surface area (Å²) in [4.78, 5) is 26.1. The lowest BCUT2D eigenvalue weighted by Crippen LogP contribution is -2.48. The van der Waals surface area contributed by atoms with Gasteiger partial charge in [0.05, 0.1) is 16.4 Å². The SMILES string of the molecule is CC(C)c1ccc(-c2cnc(CCC(=O)N3CCN(c4nc5ccc(Cl)cc5s4)CC3)o2)cc1. The number of hydrogen-bond donors (Lipinski definition) is 0. The van der Waals surface area contributed by atoms with E-state index in [1.54, 1.807) is 17.5 Å². The quantitative estimate of drug-likeness (QED) is 0.328. The van der Waals surface area contributed by atoms with Gasteiger partial charge in [0.2, 0.25) is 5.91 Å². The van der Waals surface area contributed by atoms with Gasteiger partial charge in [0, 0.05) is 49.6 Å². The number of carbonyl (C=O) groups is 1. The van der Waals surface area contributed by atoms with Crippen LogP contribution < -0.4 is 4.90 Å². The van der Waals surface area contributed by atoms with Crippen LogP contribution in [0.2, 0.25) is 5.02 Å². The van der Waals surface area contributed by atoms with Gasteiger partial charge in [0.25, 0.3) is 0 Å². The van der Waals surface area contributed by atoms with Crippen molar-refractivity contribution in [3.8, 4) is 11.3 Å². The smallest absolute Gasteiger partial charge is 0.223 e. The molecule has 1 aliphatic heterocycles. The number of fused-ring (bicyclic) bond motifs is 1. The van der Waals surface area contributed by atoms with Crippen molar-refractivity contribution in [2.75, 3.05) is 31.1 Å². The van der Waals surface area contributed by atoms with Crippen LogP contribution >= 0.6 is 22.9 Å². The Morgan fingerprint density at radius 3 is 2.62 bits per heavy atom. The van der Waals surface area contributed by atoms with Gasteiger partial charge in [0.15, 0.2) is 16.8 Å². The first kappa shape index (κ1) is 22.9. The summed E-state index contributed by atoms with van der Waals surface area (Å²) in [6.45, 7) is 7.28. The molecule has 6 nitrogen and oxygen atoms in total. The van der Waals surface area contributed by atoms with Crippen molar-refractivity contribution in [2.45, 2.75) is 32.6 Å². The lowest BCUT2D eigenvalue weighted by atomic mass is 10.0. The van der Waals surface area contributed by atoms with Crippen LogP contribution in [0.4, 0.5) is 5.13 Å². The highest BCUT2D eigenvalue weighted by atomic mass is 35.5. The third-order valence-electron chi connectivity index (χ3n) is 6.21. The molecular formula is C26H27ClN4O2S.